The van der Waals surface area contributed by atoms with Crippen LogP contribution in [-0.2, 0) is 4.79 Å². The quantitative estimate of drug-likeness (QED) is 0.206. The highest BCUT2D eigenvalue weighted by Gasteiger charge is 2.33. The van der Waals surface area contributed by atoms with Crippen LogP contribution in [0, 0.1) is 26.2 Å². The lowest BCUT2D eigenvalue weighted by Gasteiger charge is -2.17. The number of hydrogen-bond donors (Lipinski definition) is 4. The molecule has 4 aromatic rings. The number of aromatic carboxylic acids is 1. The number of hydrogen-bond acceptors (Lipinski definition) is 5. The molecule has 0 atom stereocenters. The van der Waals surface area contributed by atoms with Gasteiger partial charge in [0, 0.05) is 11.1 Å². The number of phenols is 1. The Hall–Kier alpha value is -4.91. The molecule has 0 radical (unpaired) electrons. The molecule has 1 aliphatic rings. The summed E-state index contributed by atoms with van der Waals surface area (Å²) in [6.07, 6.45) is 0. The largest absolute Gasteiger partial charge is 0.505 e. The van der Waals surface area contributed by atoms with Crippen molar-refractivity contribution in [2.24, 2.45) is 0 Å². The van der Waals surface area contributed by atoms with Crippen LogP contribution in [0.25, 0.3) is 11.1 Å². The van der Waals surface area contributed by atoms with E-state index < -0.39 is 11.9 Å². The molecule has 5 rings (SSSR count). The minimum atomic E-state index is -1.05. The molecule has 1 aliphatic heterocycles. The summed E-state index contributed by atoms with van der Waals surface area (Å²) >= 11 is 0. The van der Waals surface area contributed by atoms with Crippen LogP contribution in [0.15, 0.2) is 78.9 Å². The van der Waals surface area contributed by atoms with Gasteiger partial charge >= 0.3 is 5.97 Å². The third-order valence-electron chi connectivity index (χ3n) is 6.00. The number of nitrogens with two attached hydrogens (primary N) is 1. The molecule has 0 bridgehead atoms. The van der Waals surface area contributed by atoms with Gasteiger partial charge in [0.25, 0.3) is 5.91 Å². The maximum Gasteiger partial charge on any atom is 0.335 e. The second-order valence-electron chi connectivity index (χ2n) is 9.01. The molecule has 0 aliphatic carbocycles. The number of fused-ring (bicyclic) bond motifs is 1. The molecule has 4 aromatic carbocycles. The van der Waals surface area contributed by atoms with Gasteiger partial charge in [-0.3, -0.25) is 15.1 Å². The van der Waals surface area contributed by atoms with Gasteiger partial charge in [-0.05, 0) is 68.3 Å². The zero-order valence-electron chi connectivity index (χ0n) is 20.7. The summed E-state index contributed by atoms with van der Waals surface area (Å²) in [5.74, 6) is -1.34. The Balaban J connectivity index is 0.000000176. The van der Waals surface area contributed by atoms with E-state index >= 15 is 0 Å². The van der Waals surface area contributed by atoms with Crippen molar-refractivity contribution in [1.82, 2.24) is 0 Å². The SMILES string of the molecule is Cc1cc(C)cc(-c2cc(C)cc(N)c2O)c1.N=C1C(=O)N(c2cccc(C(=O)O)c2)c2ccccc21. The molecular formula is C30H27N3O4. The second-order valence-corrected chi connectivity index (χ2v) is 9.01. The van der Waals surface area contributed by atoms with Crippen molar-refractivity contribution in [3.05, 3.63) is 107 Å². The van der Waals surface area contributed by atoms with Crippen LogP contribution in [0.5, 0.6) is 5.75 Å². The van der Waals surface area contributed by atoms with Gasteiger partial charge in [0.15, 0.2) is 0 Å². The monoisotopic (exact) mass is 493 g/mol. The number of anilines is 3. The molecule has 1 amide bonds. The first-order valence-corrected chi connectivity index (χ1v) is 11.6. The van der Waals surface area contributed by atoms with Crippen LogP contribution in [0.1, 0.15) is 32.6 Å². The van der Waals surface area contributed by atoms with Crippen LogP contribution in [0.2, 0.25) is 0 Å². The Morgan fingerprint density at radius 3 is 2.16 bits per heavy atom. The van der Waals surface area contributed by atoms with Crippen molar-refractivity contribution in [3.8, 4) is 16.9 Å². The third kappa shape index (κ3) is 5.06. The number of nitrogens with one attached hydrogen (secondary N) is 1. The Morgan fingerprint density at radius 1 is 0.838 bits per heavy atom. The van der Waals surface area contributed by atoms with Gasteiger partial charge in [0.05, 0.1) is 22.6 Å². The van der Waals surface area contributed by atoms with E-state index in [1.54, 1.807) is 42.5 Å². The Bertz CT molecular complexity index is 1540. The van der Waals surface area contributed by atoms with E-state index in [0.717, 1.165) is 16.7 Å². The number of rotatable bonds is 3. The molecule has 0 fully saturated rings. The Morgan fingerprint density at radius 2 is 1.49 bits per heavy atom. The minimum absolute atomic E-state index is 0.0821. The number of carbonyl (C=O) groups excluding carboxylic acids is 1. The number of nitrogen functional groups attached to an aromatic ring is 1. The summed E-state index contributed by atoms with van der Waals surface area (Å²) in [5.41, 5.74) is 13.1. The van der Waals surface area contributed by atoms with E-state index in [1.807, 2.05) is 26.8 Å². The fraction of sp³-hybridized carbons (Fsp3) is 0.100. The number of aryl methyl sites for hydroxylation is 3. The molecule has 0 spiro atoms. The van der Waals surface area contributed by atoms with E-state index in [-0.39, 0.29) is 17.0 Å². The number of carboxylic acids is 1. The van der Waals surface area contributed by atoms with E-state index in [9.17, 15) is 14.7 Å². The number of benzene rings is 4. The maximum absolute atomic E-state index is 12.2. The van der Waals surface area contributed by atoms with Gasteiger partial charge in [-0.2, -0.15) is 0 Å². The average molecular weight is 494 g/mol. The van der Waals surface area contributed by atoms with Crippen LogP contribution in [0.3, 0.4) is 0 Å². The van der Waals surface area contributed by atoms with Crippen molar-refractivity contribution >= 4 is 34.7 Å². The molecule has 7 heteroatoms. The van der Waals surface area contributed by atoms with Crippen molar-refractivity contribution in [1.29, 1.82) is 5.41 Å². The third-order valence-corrected chi connectivity index (χ3v) is 6.00. The zero-order chi connectivity index (χ0) is 26.9. The predicted molar refractivity (Wildman–Crippen MR) is 146 cm³/mol. The van der Waals surface area contributed by atoms with Crippen molar-refractivity contribution < 1.29 is 19.8 Å². The molecule has 0 saturated carbocycles. The Labute approximate surface area is 214 Å². The maximum atomic E-state index is 12.2. The van der Waals surface area contributed by atoms with Crippen LogP contribution >= 0.6 is 0 Å². The van der Waals surface area contributed by atoms with Crippen molar-refractivity contribution in [2.75, 3.05) is 10.6 Å². The molecule has 0 aromatic heterocycles. The fourth-order valence-corrected chi connectivity index (χ4v) is 4.41. The van der Waals surface area contributed by atoms with Gasteiger partial charge in [0.1, 0.15) is 11.5 Å². The number of phenolic OH excluding ortho intramolecular Hbond substituents is 1. The smallest absolute Gasteiger partial charge is 0.335 e. The first-order valence-electron chi connectivity index (χ1n) is 11.6. The summed E-state index contributed by atoms with van der Waals surface area (Å²) in [7, 11) is 0. The zero-order valence-corrected chi connectivity index (χ0v) is 20.7. The topological polar surface area (TPSA) is 128 Å². The molecule has 186 valence electrons. The molecule has 0 unspecified atom stereocenters. The minimum Gasteiger partial charge on any atom is -0.505 e. The van der Waals surface area contributed by atoms with Gasteiger partial charge in [-0.1, -0.05) is 53.6 Å². The van der Waals surface area contributed by atoms with Crippen LogP contribution in [-0.4, -0.2) is 27.8 Å². The predicted octanol–water partition coefficient (Wildman–Crippen LogP) is 6.00. The normalized spacial score (nSPS) is 12.1. The van der Waals surface area contributed by atoms with E-state index in [1.165, 1.54) is 28.2 Å². The number of para-hydroxylation sites is 1. The first-order chi connectivity index (χ1) is 17.6. The number of aromatic hydroxyl groups is 1. The van der Waals surface area contributed by atoms with Crippen molar-refractivity contribution in [2.45, 2.75) is 20.8 Å². The van der Waals surface area contributed by atoms with Gasteiger partial charge in [-0.15, -0.1) is 0 Å². The standard InChI is InChI=1S/C15H10N2O3.C15H17NO/c16-13-11-6-1-2-7-12(11)17(14(13)18)10-5-3-4-9(8-10)15(19)20;1-9-4-10(2)6-12(5-9)13-7-11(3)8-14(16)15(13)17/h1-8,16H,(H,19,20);4-8,17H,16H2,1-3H3. The lowest BCUT2D eigenvalue weighted by Crippen LogP contribution is -2.25. The van der Waals surface area contributed by atoms with E-state index in [0.29, 0.717) is 22.6 Å². The number of carbonyl (C=O) groups is 2. The Kier molecular flexibility index (Phi) is 6.80. The van der Waals surface area contributed by atoms with Crippen LogP contribution in [0.4, 0.5) is 17.1 Å². The lowest BCUT2D eigenvalue weighted by atomic mass is 9.98. The summed E-state index contributed by atoms with van der Waals surface area (Å²) in [4.78, 5) is 24.6. The number of carboxylic acid groups (broad SMARTS) is 1. The summed E-state index contributed by atoms with van der Waals surface area (Å²) in [6, 6.07) is 23.1. The molecule has 5 N–H and O–H groups in total. The average Bonchev–Trinajstić information content (AvgIpc) is 3.11. The highest BCUT2D eigenvalue weighted by atomic mass is 16.4. The highest BCUT2D eigenvalue weighted by molar-refractivity contribution is 6.54. The first kappa shape index (κ1) is 25.2. The number of nitrogens with zero attached hydrogens (tertiary/aromatic N) is 1. The van der Waals surface area contributed by atoms with Gasteiger partial charge in [0.2, 0.25) is 0 Å². The lowest BCUT2D eigenvalue weighted by molar-refractivity contribution is -0.111. The second kappa shape index (κ2) is 9.99. The number of amides is 1. The van der Waals surface area contributed by atoms with E-state index in [2.05, 4.69) is 18.2 Å². The van der Waals surface area contributed by atoms with Crippen LogP contribution < -0.4 is 10.6 Å². The summed E-state index contributed by atoms with van der Waals surface area (Å²) < 4.78 is 0. The fourth-order valence-electron chi connectivity index (χ4n) is 4.41. The summed E-state index contributed by atoms with van der Waals surface area (Å²) in [6.45, 7) is 6.07. The molecule has 0 saturated heterocycles. The summed E-state index contributed by atoms with van der Waals surface area (Å²) in [5, 5.41) is 26.9. The van der Waals surface area contributed by atoms with Crippen molar-refractivity contribution in [3.63, 3.8) is 0 Å². The van der Waals surface area contributed by atoms with E-state index in [4.69, 9.17) is 16.2 Å². The molecular weight excluding hydrogens is 466 g/mol. The highest BCUT2D eigenvalue weighted by Crippen LogP contribution is 2.36. The molecule has 7 nitrogen and oxygen atoms in total. The van der Waals surface area contributed by atoms with Gasteiger partial charge in [-0.25, -0.2) is 4.79 Å². The van der Waals surface area contributed by atoms with Gasteiger partial charge < -0.3 is 15.9 Å². The molecule has 1 heterocycles. The molecule has 37 heavy (non-hydrogen) atoms.